The third-order valence-corrected chi connectivity index (χ3v) is 5.85. The number of ether oxygens (including phenoxy) is 1. The van der Waals surface area contributed by atoms with E-state index in [1.165, 1.54) is 10.9 Å². The van der Waals surface area contributed by atoms with E-state index >= 15 is 0 Å². The van der Waals surface area contributed by atoms with Gasteiger partial charge in [0.1, 0.15) is 17.3 Å². The first-order chi connectivity index (χ1) is 14.0. The second kappa shape index (κ2) is 9.67. The van der Waals surface area contributed by atoms with Crippen LogP contribution in [0.25, 0.3) is 0 Å². The lowest BCUT2D eigenvalue weighted by atomic mass is 9.96. The van der Waals surface area contributed by atoms with E-state index in [2.05, 4.69) is 20.2 Å². The molecule has 0 saturated carbocycles. The zero-order chi connectivity index (χ0) is 20.8. The Hall–Kier alpha value is -2.70. The zero-order valence-electron chi connectivity index (χ0n) is 16.8. The molecule has 1 amide bonds. The molecule has 1 aliphatic heterocycles. The number of pyridine rings is 1. The van der Waals surface area contributed by atoms with Gasteiger partial charge in [-0.3, -0.25) is 9.69 Å². The monoisotopic (exact) mass is 414 g/mol. The number of rotatable bonds is 7. The van der Waals surface area contributed by atoms with Crippen LogP contribution in [-0.2, 0) is 6.54 Å². The number of likely N-dealkylation sites (tertiary alicyclic amines) is 1. The zero-order valence-corrected chi connectivity index (χ0v) is 17.6. The Bertz CT molecular complexity index is 899. The van der Waals surface area contributed by atoms with Crippen molar-refractivity contribution in [3.8, 4) is 11.9 Å². The van der Waals surface area contributed by atoms with Gasteiger partial charge in [-0.2, -0.15) is 5.26 Å². The molecule has 1 fully saturated rings. The number of nitrogens with one attached hydrogen (secondary N) is 1. The van der Waals surface area contributed by atoms with E-state index in [0.717, 1.165) is 37.5 Å². The van der Waals surface area contributed by atoms with Crippen molar-refractivity contribution in [3.63, 3.8) is 0 Å². The highest BCUT2D eigenvalue weighted by Crippen LogP contribution is 2.23. The van der Waals surface area contributed by atoms with Gasteiger partial charge in [0.2, 0.25) is 5.88 Å². The third-order valence-electron chi connectivity index (χ3n) is 4.95. The normalized spacial score (nSPS) is 15.1. The maximum absolute atomic E-state index is 12.5. The SMILES string of the molecule is CCOc1nc(C(=O)NCC2CCN(Cc3cnc(C)s3)CC2)cc(N)c1C#N. The molecule has 0 atom stereocenters. The highest BCUT2D eigenvalue weighted by atomic mass is 32.1. The molecular formula is C20H26N6O2S. The van der Waals surface area contributed by atoms with Gasteiger partial charge in [0.05, 0.1) is 17.3 Å². The molecule has 0 aliphatic carbocycles. The van der Waals surface area contributed by atoms with Crippen molar-refractivity contribution >= 4 is 22.9 Å². The second-order valence-corrected chi connectivity index (χ2v) is 8.42. The Morgan fingerprint density at radius 3 is 2.86 bits per heavy atom. The van der Waals surface area contributed by atoms with Gasteiger partial charge < -0.3 is 15.8 Å². The molecule has 0 radical (unpaired) electrons. The predicted molar refractivity (Wildman–Crippen MR) is 112 cm³/mol. The molecule has 2 aromatic heterocycles. The average molecular weight is 415 g/mol. The number of nitrogens with zero attached hydrogens (tertiary/aromatic N) is 4. The van der Waals surface area contributed by atoms with Crippen LogP contribution in [0.4, 0.5) is 5.69 Å². The van der Waals surface area contributed by atoms with Crippen molar-refractivity contribution < 1.29 is 9.53 Å². The number of piperidine rings is 1. The average Bonchev–Trinajstić information content (AvgIpc) is 3.12. The number of amides is 1. The van der Waals surface area contributed by atoms with Gasteiger partial charge in [-0.15, -0.1) is 11.3 Å². The summed E-state index contributed by atoms with van der Waals surface area (Å²) in [5.41, 5.74) is 6.41. The predicted octanol–water partition coefficient (Wildman–Crippen LogP) is 2.34. The molecule has 1 aliphatic rings. The Morgan fingerprint density at radius 2 is 2.24 bits per heavy atom. The number of nitriles is 1. The number of anilines is 1. The quantitative estimate of drug-likeness (QED) is 0.714. The second-order valence-electron chi connectivity index (χ2n) is 7.10. The summed E-state index contributed by atoms with van der Waals surface area (Å²) in [5, 5.41) is 13.2. The Kier molecular flexibility index (Phi) is 7.01. The summed E-state index contributed by atoms with van der Waals surface area (Å²) in [4.78, 5) is 24.7. The number of carbonyl (C=O) groups is 1. The Balaban J connectivity index is 1.50. The summed E-state index contributed by atoms with van der Waals surface area (Å²) in [5.74, 6) is 0.233. The summed E-state index contributed by atoms with van der Waals surface area (Å²) in [6.45, 7) is 7.70. The minimum absolute atomic E-state index is 0.103. The van der Waals surface area contributed by atoms with Crippen LogP contribution in [0.5, 0.6) is 5.88 Å². The fraction of sp³-hybridized carbons (Fsp3) is 0.500. The van der Waals surface area contributed by atoms with E-state index in [-0.39, 0.29) is 28.7 Å². The van der Waals surface area contributed by atoms with Crippen LogP contribution in [0.1, 0.15) is 45.7 Å². The smallest absolute Gasteiger partial charge is 0.270 e. The number of aromatic nitrogens is 2. The maximum atomic E-state index is 12.5. The standard InChI is InChI=1S/C20H26N6O2S/c1-3-28-20-16(9-21)17(22)8-18(25-20)19(27)24-10-14-4-6-26(7-5-14)12-15-11-23-13(2)29-15/h8,11,14H,3-7,10,12H2,1-2H3,(H2,22,25)(H,24,27). The van der Waals surface area contributed by atoms with E-state index in [4.69, 9.17) is 10.5 Å². The maximum Gasteiger partial charge on any atom is 0.270 e. The fourth-order valence-electron chi connectivity index (χ4n) is 3.39. The summed E-state index contributed by atoms with van der Waals surface area (Å²) < 4.78 is 5.35. The molecule has 0 unspecified atom stereocenters. The molecule has 0 spiro atoms. The van der Waals surface area contributed by atoms with Crippen LogP contribution in [0, 0.1) is 24.2 Å². The van der Waals surface area contributed by atoms with Crippen molar-refractivity contribution in [2.45, 2.75) is 33.2 Å². The van der Waals surface area contributed by atoms with Crippen molar-refractivity contribution in [2.24, 2.45) is 5.92 Å². The van der Waals surface area contributed by atoms with Crippen LogP contribution in [0.15, 0.2) is 12.3 Å². The van der Waals surface area contributed by atoms with Gasteiger partial charge in [-0.05, 0) is 51.8 Å². The molecule has 3 N–H and O–H groups in total. The number of hydrogen-bond donors (Lipinski definition) is 2. The topological polar surface area (TPSA) is 117 Å². The molecule has 0 bridgehead atoms. The number of nitrogens with two attached hydrogens (primary N) is 1. The molecular weight excluding hydrogens is 388 g/mol. The minimum atomic E-state index is -0.301. The van der Waals surface area contributed by atoms with Gasteiger partial charge in [-0.25, -0.2) is 9.97 Å². The van der Waals surface area contributed by atoms with Crippen molar-refractivity contribution in [2.75, 3.05) is 32.0 Å². The lowest BCUT2D eigenvalue weighted by molar-refractivity contribution is 0.0929. The molecule has 1 saturated heterocycles. The summed E-state index contributed by atoms with van der Waals surface area (Å²) >= 11 is 1.74. The molecule has 8 nitrogen and oxygen atoms in total. The number of thiazole rings is 1. The largest absolute Gasteiger partial charge is 0.477 e. The first-order valence-corrected chi connectivity index (χ1v) is 10.6. The molecule has 3 heterocycles. The van der Waals surface area contributed by atoms with E-state index in [1.807, 2.05) is 19.2 Å². The minimum Gasteiger partial charge on any atom is -0.477 e. The molecule has 3 rings (SSSR count). The summed E-state index contributed by atoms with van der Waals surface area (Å²) in [6, 6.07) is 3.40. The third kappa shape index (κ3) is 5.43. The number of nitrogen functional groups attached to an aromatic ring is 1. The van der Waals surface area contributed by atoms with Crippen molar-refractivity contribution in [1.82, 2.24) is 20.2 Å². The fourth-order valence-corrected chi connectivity index (χ4v) is 4.22. The Labute approximate surface area is 174 Å². The van der Waals surface area contributed by atoms with Gasteiger partial charge in [0.15, 0.2) is 0 Å². The van der Waals surface area contributed by atoms with Crippen LogP contribution >= 0.6 is 11.3 Å². The summed E-state index contributed by atoms with van der Waals surface area (Å²) in [7, 11) is 0. The first kappa shape index (κ1) is 21.0. The molecule has 2 aromatic rings. The number of aryl methyl sites for hydroxylation is 1. The van der Waals surface area contributed by atoms with Crippen LogP contribution in [-0.4, -0.2) is 47.0 Å². The van der Waals surface area contributed by atoms with Crippen LogP contribution in [0.2, 0.25) is 0 Å². The lowest BCUT2D eigenvalue weighted by Crippen LogP contribution is -2.38. The van der Waals surface area contributed by atoms with E-state index in [1.54, 1.807) is 18.3 Å². The molecule has 0 aromatic carbocycles. The van der Waals surface area contributed by atoms with Crippen LogP contribution < -0.4 is 15.8 Å². The molecule has 154 valence electrons. The molecule has 9 heteroatoms. The lowest BCUT2D eigenvalue weighted by Gasteiger charge is -2.31. The van der Waals surface area contributed by atoms with E-state index in [0.29, 0.717) is 19.1 Å². The highest BCUT2D eigenvalue weighted by molar-refractivity contribution is 7.11. The van der Waals surface area contributed by atoms with Gasteiger partial charge in [0.25, 0.3) is 5.91 Å². The first-order valence-electron chi connectivity index (χ1n) is 9.75. The van der Waals surface area contributed by atoms with Crippen LogP contribution in [0.3, 0.4) is 0 Å². The van der Waals surface area contributed by atoms with Crippen molar-refractivity contribution in [3.05, 3.63) is 33.4 Å². The summed E-state index contributed by atoms with van der Waals surface area (Å²) in [6.07, 6.45) is 4.02. The molecule has 29 heavy (non-hydrogen) atoms. The number of carbonyl (C=O) groups excluding carboxylic acids is 1. The van der Waals surface area contributed by atoms with Gasteiger partial charge in [0, 0.05) is 24.2 Å². The number of hydrogen-bond acceptors (Lipinski definition) is 8. The highest BCUT2D eigenvalue weighted by Gasteiger charge is 2.22. The van der Waals surface area contributed by atoms with Gasteiger partial charge in [-0.1, -0.05) is 0 Å². The Morgan fingerprint density at radius 1 is 1.48 bits per heavy atom. The van der Waals surface area contributed by atoms with E-state index < -0.39 is 0 Å². The van der Waals surface area contributed by atoms with E-state index in [9.17, 15) is 10.1 Å². The van der Waals surface area contributed by atoms with Gasteiger partial charge >= 0.3 is 0 Å². The van der Waals surface area contributed by atoms with Crippen molar-refractivity contribution in [1.29, 1.82) is 5.26 Å².